The molecule has 118 valence electrons. The molecule has 1 saturated carbocycles. The minimum atomic E-state index is -3.43. The maximum absolute atomic E-state index is 12.2. The van der Waals surface area contributed by atoms with Gasteiger partial charge in [0, 0.05) is 31.4 Å². The van der Waals surface area contributed by atoms with Gasteiger partial charge >= 0.3 is 0 Å². The highest BCUT2D eigenvalue weighted by Gasteiger charge is 2.23. The van der Waals surface area contributed by atoms with Crippen molar-refractivity contribution in [3.63, 3.8) is 0 Å². The van der Waals surface area contributed by atoms with Crippen molar-refractivity contribution in [1.82, 2.24) is 14.3 Å². The van der Waals surface area contributed by atoms with E-state index >= 15 is 0 Å². The van der Waals surface area contributed by atoms with Crippen molar-refractivity contribution in [2.75, 3.05) is 6.54 Å². The van der Waals surface area contributed by atoms with Gasteiger partial charge in [0.1, 0.15) is 5.82 Å². The summed E-state index contributed by atoms with van der Waals surface area (Å²) in [5.74, 6) is 1.73. The summed E-state index contributed by atoms with van der Waals surface area (Å²) in [4.78, 5) is 4.72. The highest BCUT2D eigenvalue weighted by atomic mass is 32.2. The van der Waals surface area contributed by atoms with Crippen LogP contribution in [0.5, 0.6) is 0 Å². The first-order valence-corrected chi connectivity index (χ1v) is 9.10. The average molecular weight is 319 g/mol. The van der Waals surface area contributed by atoms with Crippen LogP contribution in [-0.2, 0) is 23.0 Å². The average Bonchev–Trinajstić information content (AvgIpc) is 3.27. The van der Waals surface area contributed by atoms with Crippen molar-refractivity contribution in [3.8, 4) is 0 Å². The number of nitrogens with zero attached hydrogens (tertiary/aromatic N) is 2. The summed E-state index contributed by atoms with van der Waals surface area (Å²) in [6.07, 6.45) is 5.05. The topological polar surface area (TPSA) is 64.0 Å². The Labute approximate surface area is 131 Å². The molecule has 0 atom stereocenters. The third kappa shape index (κ3) is 3.56. The summed E-state index contributed by atoms with van der Waals surface area (Å²) < 4.78 is 29.2. The molecule has 1 aliphatic carbocycles. The van der Waals surface area contributed by atoms with Gasteiger partial charge in [-0.05, 0) is 37.8 Å². The first-order valence-electron chi connectivity index (χ1n) is 7.62. The number of benzene rings is 1. The monoisotopic (exact) mass is 319 g/mol. The molecule has 3 rings (SSSR count). The summed E-state index contributed by atoms with van der Waals surface area (Å²) in [5, 5.41) is 0. The molecule has 2 aromatic rings. The molecule has 0 amide bonds. The molecule has 6 heteroatoms. The van der Waals surface area contributed by atoms with Crippen LogP contribution in [0.15, 0.2) is 41.4 Å². The van der Waals surface area contributed by atoms with Crippen molar-refractivity contribution in [1.29, 1.82) is 0 Å². The minimum Gasteiger partial charge on any atom is -0.332 e. The number of rotatable bonds is 7. The van der Waals surface area contributed by atoms with Crippen LogP contribution in [-0.4, -0.2) is 24.5 Å². The highest BCUT2D eigenvalue weighted by Crippen LogP contribution is 2.31. The van der Waals surface area contributed by atoms with Gasteiger partial charge in [-0.25, -0.2) is 18.1 Å². The summed E-state index contributed by atoms with van der Waals surface area (Å²) in [7, 11) is -3.43. The molecule has 0 spiro atoms. The van der Waals surface area contributed by atoms with E-state index in [0.29, 0.717) is 17.9 Å². The number of hydrogen-bond donors (Lipinski definition) is 1. The van der Waals surface area contributed by atoms with E-state index in [1.165, 1.54) is 12.8 Å². The fourth-order valence-corrected chi connectivity index (χ4v) is 3.55. The first kappa shape index (κ1) is 15.2. The Bertz CT molecular complexity index is 734. The Morgan fingerprint density at radius 2 is 2.00 bits per heavy atom. The second kappa shape index (κ2) is 6.22. The Morgan fingerprint density at radius 3 is 2.68 bits per heavy atom. The maximum atomic E-state index is 12.2. The number of imidazole rings is 1. The van der Waals surface area contributed by atoms with Gasteiger partial charge in [0.15, 0.2) is 0 Å². The maximum Gasteiger partial charge on any atom is 0.240 e. The van der Waals surface area contributed by atoms with Crippen LogP contribution in [0, 0.1) is 12.8 Å². The fraction of sp³-hybridized carbons (Fsp3) is 0.438. The zero-order valence-electron chi connectivity index (χ0n) is 12.7. The Morgan fingerprint density at radius 1 is 1.27 bits per heavy atom. The number of aryl methyl sites for hydroxylation is 1. The molecule has 1 aromatic carbocycles. The van der Waals surface area contributed by atoms with Crippen molar-refractivity contribution < 1.29 is 8.42 Å². The third-order valence-electron chi connectivity index (χ3n) is 3.97. The van der Waals surface area contributed by atoms with Gasteiger partial charge in [-0.1, -0.05) is 18.2 Å². The predicted molar refractivity (Wildman–Crippen MR) is 85.0 cm³/mol. The van der Waals surface area contributed by atoms with Crippen molar-refractivity contribution in [2.45, 2.75) is 37.6 Å². The molecule has 0 saturated heterocycles. The second-order valence-corrected chi connectivity index (χ2v) is 7.60. The SMILES string of the molecule is Cc1cnc(CCNS(=O)(=O)c2ccccc2)n1CC1CC1. The molecule has 1 N–H and O–H groups in total. The molecule has 1 aliphatic rings. The number of hydrogen-bond acceptors (Lipinski definition) is 3. The van der Waals surface area contributed by atoms with Gasteiger partial charge in [0.25, 0.3) is 0 Å². The zero-order chi connectivity index (χ0) is 15.6. The summed E-state index contributed by atoms with van der Waals surface area (Å²) >= 11 is 0. The molecule has 1 aromatic heterocycles. The Hall–Kier alpha value is -1.66. The molecule has 0 radical (unpaired) electrons. The van der Waals surface area contributed by atoms with Crippen LogP contribution in [0.4, 0.5) is 0 Å². The van der Waals surface area contributed by atoms with E-state index < -0.39 is 10.0 Å². The molecule has 22 heavy (non-hydrogen) atoms. The summed E-state index contributed by atoms with van der Waals surface area (Å²) in [6, 6.07) is 8.44. The highest BCUT2D eigenvalue weighted by molar-refractivity contribution is 7.89. The fourth-order valence-electron chi connectivity index (χ4n) is 2.50. The lowest BCUT2D eigenvalue weighted by Crippen LogP contribution is -2.26. The molecular formula is C16H21N3O2S. The Balaban J connectivity index is 1.61. The van der Waals surface area contributed by atoms with Gasteiger partial charge in [-0.2, -0.15) is 0 Å². The molecule has 0 bridgehead atoms. The largest absolute Gasteiger partial charge is 0.332 e. The number of sulfonamides is 1. The predicted octanol–water partition coefficient (Wildman–Crippen LogP) is 2.12. The lowest BCUT2D eigenvalue weighted by Gasteiger charge is -2.10. The van der Waals surface area contributed by atoms with E-state index in [1.54, 1.807) is 30.3 Å². The first-order chi connectivity index (χ1) is 10.6. The summed E-state index contributed by atoms with van der Waals surface area (Å²) in [6.45, 7) is 3.41. The zero-order valence-corrected chi connectivity index (χ0v) is 13.5. The van der Waals surface area contributed by atoms with E-state index in [2.05, 4.69) is 14.3 Å². The van der Waals surface area contributed by atoms with Crippen molar-refractivity contribution in [3.05, 3.63) is 48.0 Å². The van der Waals surface area contributed by atoms with E-state index in [0.717, 1.165) is 24.0 Å². The van der Waals surface area contributed by atoms with Gasteiger partial charge in [-0.3, -0.25) is 0 Å². The smallest absolute Gasteiger partial charge is 0.240 e. The third-order valence-corrected chi connectivity index (χ3v) is 5.45. The van der Waals surface area contributed by atoms with E-state index in [-0.39, 0.29) is 0 Å². The molecule has 1 fully saturated rings. The van der Waals surface area contributed by atoms with Crippen molar-refractivity contribution in [2.24, 2.45) is 5.92 Å². The van der Waals surface area contributed by atoms with Gasteiger partial charge in [0.05, 0.1) is 4.90 Å². The van der Waals surface area contributed by atoms with Crippen LogP contribution in [0.1, 0.15) is 24.4 Å². The lowest BCUT2D eigenvalue weighted by molar-refractivity contribution is 0.567. The van der Waals surface area contributed by atoms with E-state index in [9.17, 15) is 8.42 Å². The number of nitrogens with one attached hydrogen (secondary N) is 1. The standard InChI is InChI=1S/C16H21N3O2S/c1-13-11-17-16(19(13)12-14-7-8-14)9-10-18-22(20,21)15-5-3-2-4-6-15/h2-6,11,14,18H,7-10,12H2,1H3. The quantitative estimate of drug-likeness (QED) is 0.850. The number of aromatic nitrogens is 2. The van der Waals surface area contributed by atoms with Crippen LogP contribution in [0.25, 0.3) is 0 Å². The van der Waals surface area contributed by atoms with E-state index in [1.807, 2.05) is 13.1 Å². The molecular weight excluding hydrogens is 298 g/mol. The van der Waals surface area contributed by atoms with Crippen LogP contribution < -0.4 is 4.72 Å². The van der Waals surface area contributed by atoms with Gasteiger partial charge in [0.2, 0.25) is 10.0 Å². The van der Waals surface area contributed by atoms with Gasteiger partial charge in [-0.15, -0.1) is 0 Å². The molecule has 0 unspecified atom stereocenters. The normalized spacial score (nSPS) is 15.1. The van der Waals surface area contributed by atoms with Gasteiger partial charge < -0.3 is 4.57 Å². The van der Waals surface area contributed by atoms with Crippen molar-refractivity contribution >= 4 is 10.0 Å². The molecule has 0 aliphatic heterocycles. The molecule has 5 nitrogen and oxygen atoms in total. The lowest BCUT2D eigenvalue weighted by atomic mass is 10.3. The second-order valence-electron chi connectivity index (χ2n) is 5.83. The molecule has 1 heterocycles. The van der Waals surface area contributed by atoms with Crippen LogP contribution in [0.2, 0.25) is 0 Å². The van der Waals surface area contributed by atoms with E-state index in [4.69, 9.17) is 0 Å². The van der Waals surface area contributed by atoms with Crippen LogP contribution >= 0.6 is 0 Å². The minimum absolute atomic E-state index is 0.299. The Kier molecular flexibility index (Phi) is 4.31. The van der Waals surface area contributed by atoms with Crippen LogP contribution in [0.3, 0.4) is 0 Å². The summed E-state index contributed by atoms with van der Waals surface area (Å²) in [5.41, 5.74) is 1.15.